The molecule has 0 fully saturated rings. The molecule has 17 heavy (non-hydrogen) atoms. The van der Waals surface area contributed by atoms with Crippen LogP contribution < -0.4 is 5.32 Å². The quantitative estimate of drug-likeness (QED) is 0.704. The number of nitrogens with one attached hydrogen (secondary N) is 1. The molecule has 0 spiro atoms. The van der Waals surface area contributed by atoms with Gasteiger partial charge in [0.15, 0.2) is 0 Å². The first-order valence-corrected chi connectivity index (χ1v) is 6.11. The first kappa shape index (κ1) is 14.2. The third-order valence-corrected chi connectivity index (χ3v) is 2.51. The van der Waals surface area contributed by atoms with Crippen LogP contribution in [-0.4, -0.2) is 26.4 Å². The molecule has 0 bridgehead atoms. The highest BCUT2D eigenvalue weighted by Gasteiger charge is 2.02. The fourth-order valence-corrected chi connectivity index (χ4v) is 1.51. The molecule has 0 amide bonds. The Labute approximate surface area is 104 Å². The zero-order valence-electron chi connectivity index (χ0n) is 11.0. The molecule has 0 aliphatic heterocycles. The average Bonchev–Trinajstić information content (AvgIpc) is 2.33. The molecule has 1 rings (SSSR count). The second-order valence-electron chi connectivity index (χ2n) is 4.35. The van der Waals surface area contributed by atoms with Gasteiger partial charge in [-0.2, -0.15) is 0 Å². The Bertz CT molecular complexity index is 313. The summed E-state index contributed by atoms with van der Waals surface area (Å²) < 4.78 is 10.5. The van der Waals surface area contributed by atoms with E-state index in [1.807, 2.05) is 6.07 Å². The zero-order chi connectivity index (χ0) is 12.5. The largest absolute Gasteiger partial charge is 0.382 e. The SMILES string of the molecule is COCCOCc1ccccc1CNC(C)C. The predicted octanol–water partition coefficient (Wildman–Crippen LogP) is 2.35. The van der Waals surface area contributed by atoms with Gasteiger partial charge in [-0.15, -0.1) is 0 Å². The predicted molar refractivity (Wildman–Crippen MR) is 69.9 cm³/mol. The molecule has 96 valence electrons. The van der Waals surface area contributed by atoms with Crippen molar-refractivity contribution in [2.75, 3.05) is 20.3 Å². The van der Waals surface area contributed by atoms with E-state index in [4.69, 9.17) is 9.47 Å². The smallest absolute Gasteiger partial charge is 0.0721 e. The summed E-state index contributed by atoms with van der Waals surface area (Å²) in [5.74, 6) is 0. The van der Waals surface area contributed by atoms with Gasteiger partial charge in [-0.05, 0) is 11.1 Å². The van der Waals surface area contributed by atoms with Gasteiger partial charge in [-0.3, -0.25) is 0 Å². The number of benzene rings is 1. The van der Waals surface area contributed by atoms with Crippen LogP contribution in [-0.2, 0) is 22.6 Å². The van der Waals surface area contributed by atoms with E-state index in [0.29, 0.717) is 25.9 Å². The first-order chi connectivity index (χ1) is 8.24. The van der Waals surface area contributed by atoms with Crippen molar-refractivity contribution in [3.05, 3.63) is 35.4 Å². The van der Waals surface area contributed by atoms with Gasteiger partial charge in [-0.1, -0.05) is 38.1 Å². The number of hydrogen-bond acceptors (Lipinski definition) is 3. The van der Waals surface area contributed by atoms with E-state index >= 15 is 0 Å². The Balaban J connectivity index is 2.46. The van der Waals surface area contributed by atoms with E-state index in [1.54, 1.807) is 7.11 Å². The van der Waals surface area contributed by atoms with Crippen LogP contribution >= 0.6 is 0 Å². The van der Waals surface area contributed by atoms with Crippen LogP contribution in [0.3, 0.4) is 0 Å². The molecule has 3 nitrogen and oxygen atoms in total. The van der Waals surface area contributed by atoms with Crippen LogP contribution in [0.2, 0.25) is 0 Å². The molecule has 0 radical (unpaired) electrons. The van der Waals surface area contributed by atoms with Crippen molar-refractivity contribution in [1.82, 2.24) is 5.32 Å². The Morgan fingerprint density at radius 1 is 1.12 bits per heavy atom. The summed E-state index contributed by atoms with van der Waals surface area (Å²) in [6.45, 7) is 7.13. The summed E-state index contributed by atoms with van der Waals surface area (Å²) in [6, 6.07) is 8.87. The minimum atomic E-state index is 0.498. The summed E-state index contributed by atoms with van der Waals surface area (Å²) in [5, 5.41) is 3.42. The molecule has 0 unspecified atom stereocenters. The van der Waals surface area contributed by atoms with Crippen LogP contribution in [0, 0.1) is 0 Å². The van der Waals surface area contributed by atoms with E-state index < -0.39 is 0 Å². The molecule has 3 heteroatoms. The number of methoxy groups -OCH3 is 1. The van der Waals surface area contributed by atoms with Crippen molar-refractivity contribution >= 4 is 0 Å². The molecule has 1 aromatic carbocycles. The lowest BCUT2D eigenvalue weighted by molar-refractivity contribution is 0.0613. The third-order valence-electron chi connectivity index (χ3n) is 2.51. The lowest BCUT2D eigenvalue weighted by atomic mass is 10.1. The molecular formula is C14H23NO2. The highest BCUT2D eigenvalue weighted by atomic mass is 16.5. The number of rotatable bonds is 8. The maximum atomic E-state index is 5.55. The van der Waals surface area contributed by atoms with Gasteiger partial charge in [0.25, 0.3) is 0 Å². The standard InChI is InChI=1S/C14H23NO2/c1-12(2)15-10-13-6-4-5-7-14(13)11-17-9-8-16-3/h4-7,12,15H,8-11H2,1-3H3. The summed E-state index contributed by atoms with van der Waals surface area (Å²) in [4.78, 5) is 0. The van der Waals surface area contributed by atoms with Gasteiger partial charge in [0.1, 0.15) is 0 Å². The van der Waals surface area contributed by atoms with Gasteiger partial charge in [0, 0.05) is 19.7 Å². The molecule has 0 heterocycles. The lowest BCUT2D eigenvalue weighted by Crippen LogP contribution is -2.22. The molecule has 1 aromatic rings. The minimum Gasteiger partial charge on any atom is -0.382 e. The van der Waals surface area contributed by atoms with Gasteiger partial charge < -0.3 is 14.8 Å². The van der Waals surface area contributed by atoms with Crippen molar-refractivity contribution in [2.24, 2.45) is 0 Å². The number of ether oxygens (including phenoxy) is 2. The molecule has 0 aliphatic rings. The van der Waals surface area contributed by atoms with Crippen LogP contribution in [0.5, 0.6) is 0 Å². The Morgan fingerprint density at radius 3 is 2.47 bits per heavy atom. The molecule has 1 N–H and O–H groups in total. The second kappa shape index (κ2) is 8.23. The molecular weight excluding hydrogens is 214 g/mol. The highest BCUT2D eigenvalue weighted by molar-refractivity contribution is 5.26. The van der Waals surface area contributed by atoms with Crippen molar-refractivity contribution in [2.45, 2.75) is 33.0 Å². The van der Waals surface area contributed by atoms with E-state index in [2.05, 4.69) is 37.4 Å². The van der Waals surface area contributed by atoms with Gasteiger partial charge in [-0.25, -0.2) is 0 Å². The molecule has 0 aliphatic carbocycles. The Morgan fingerprint density at radius 2 is 1.82 bits per heavy atom. The van der Waals surface area contributed by atoms with Crippen LogP contribution in [0.25, 0.3) is 0 Å². The average molecular weight is 237 g/mol. The fourth-order valence-electron chi connectivity index (χ4n) is 1.51. The molecule has 0 atom stereocenters. The summed E-state index contributed by atoms with van der Waals surface area (Å²) in [6.07, 6.45) is 0. The van der Waals surface area contributed by atoms with Crippen molar-refractivity contribution in [3.8, 4) is 0 Å². The minimum absolute atomic E-state index is 0.498. The van der Waals surface area contributed by atoms with Gasteiger partial charge in [0.05, 0.1) is 19.8 Å². The topological polar surface area (TPSA) is 30.5 Å². The summed E-state index contributed by atoms with van der Waals surface area (Å²) in [7, 11) is 1.68. The van der Waals surface area contributed by atoms with E-state index in [9.17, 15) is 0 Å². The maximum Gasteiger partial charge on any atom is 0.0721 e. The number of hydrogen-bond donors (Lipinski definition) is 1. The first-order valence-electron chi connectivity index (χ1n) is 6.11. The monoisotopic (exact) mass is 237 g/mol. The summed E-state index contributed by atoms with van der Waals surface area (Å²) in [5.41, 5.74) is 2.55. The molecule has 0 saturated carbocycles. The maximum absolute atomic E-state index is 5.55. The van der Waals surface area contributed by atoms with Crippen LogP contribution in [0.4, 0.5) is 0 Å². The van der Waals surface area contributed by atoms with Crippen molar-refractivity contribution < 1.29 is 9.47 Å². The van der Waals surface area contributed by atoms with E-state index in [0.717, 1.165) is 6.54 Å². The van der Waals surface area contributed by atoms with Crippen LogP contribution in [0.15, 0.2) is 24.3 Å². The molecule has 0 saturated heterocycles. The Hall–Kier alpha value is -0.900. The second-order valence-corrected chi connectivity index (χ2v) is 4.35. The molecule has 0 aromatic heterocycles. The van der Waals surface area contributed by atoms with Crippen molar-refractivity contribution in [1.29, 1.82) is 0 Å². The summed E-state index contributed by atoms with van der Waals surface area (Å²) >= 11 is 0. The van der Waals surface area contributed by atoms with E-state index in [-0.39, 0.29) is 0 Å². The third kappa shape index (κ3) is 5.82. The van der Waals surface area contributed by atoms with Gasteiger partial charge >= 0.3 is 0 Å². The van der Waals surface area contributed by atoms with E-state index in [1.165, 1.54) is 11.1 Å². The van der Waals surface area contributed by atoms with Gasteiger partial charge in [0.2, 0.25) is 0 Å². The zero-order valence-corrected chi connectivity index (χ0v) is 11.0. The fraction of sp³-hybridized carbons (Fsp3) is 0.571. The van der Waals surface area contributed by atoms with Crippen molar-refractivity contribution in [3.63, 3.8) is 0 Å². The Kier molecular flexibility index (Phi) is 6.86. The van der Waals surface area contributed by atoms with Crippen LogP contribution in [0.1, 0.15) is 25.0 Å². The highest BCUT2D eigenvalue weighted by Crippen LogP contribution is 2.10. The normalized spacial score (nSPS) is 11.1. The lowest BCUT2D eigenvalue weighted by Gasteiger charge is -2.12.